The van der Waals surface area contributed by atoms with Crippen LogP contribution in [-0.4, -0.2) is 113 Å². The first-order valence-electron chi connectivity index (χ1n) is 9.57. The number of rotatable bonds is 8. The molecule has 1 aromatic rings. The smallest absolute Gasteiger partial charge is 0.229 e. The van der Waals surface area contributed by atoms with Crippen LogP contribution in [0.15, 0.2) is 18.2 Å². The van der Waals surface area contributed by atoms with Crippen molar-refractivity contribution in [2.24, 2.45) is 0 Å². The molecule has 0 aromatic heterocycles. The lowest BCUT2D eigenvalue weighted by Gasteiger charge is -2.40. The van der Waals surface area contributed by atoms with E-state index < -0.39 is 55.3 Å². The quantitative estimate of drug-likeness (QED) is 0.244. The molecule has 2 saturated heterocycles. The van der Waals surface area contributed by atoms with Gasteiger partial charge in [-0.2, -0.15) is 0 Å². The molecular weight excluding hydrogens is 420 g/mol. The van der Waals surface area contributed by atoms with Crippen molar-refractivity contribution < 1.29 is 59.1 Å². The molecule has 0 aliphatic carbocycles. The first-order chi connectivity index (χ1) is 14.7. The molecule has 0 unspecified atom stereocenters. The lowest BCUT2D eigenvalue weighted by Crippen LogP contribution is -2.60. The molecule has 12 heteroatoms. The Labute approximate surface area is 178 Å². The lowest BCUT2D eigenvalue weighted by atomic mass is 9.99. The van der Waals surface area contributed by atoms with E-state index in [2.05, 4.69) is 0 Å². The molecule has 0 spiro atoms. The Morgan fingerprint density at radius 3 is 2.32 bits per heavy atom. The topological polar surface area (TPSA) is 177 Å². The highest BCUT2D eigenvalue weighted by atomic mass is 16.7. The number of hydrogen-bond donors (Lipinski definition) is 6. The summed E-state index contributed by atoms with van der Waals surface area (Å²) in [6, 6.07) is 4.62. The van der Waals surface area contributed by atoms with E-state index in [0.29, 0.717) is 11.5 Å². The van der Waals surface area contributed by atoms with Crippen molar-refractivity contribution in [2.45, 2.75) is 48.7 Å². The monoisotopic (exact) mass is 448 g/mol. The van der Waals surface area contributed by atoms with Gasteiger partial charge in [-0.05, 0) is 12.1 Å². The third-order valence-electron chi connectivity index (χ3n) is 5.28. The van der Waals surface area contributed by atoms with E-state index in [0.717, 1.165) is 0 Å². The van der Waals surface area contributed by atoms with Gasteiger partial charge in [0.05, 0.1) is 34.0 Å². The van der Waals surface area contributed by atoms with Crippen LogP contribution in [0.5, 0.6) is 17.2 Å². The van der Waals surface area contributed by atoms with Crippen LogP contribution in [0.1, 0.15) is 0 Å². The molecular formula is C19H28O12. The van der Waals surface area contributed by atoms with E-state index in [4.69, 9.17) is 28.4 Å². The maximum atomic E-state index is 10.3. The van der Waals surface area contributed by atoms with Crippen molar-refractivity contribution in [3.8, 4) is 17.2 Å². The molecule has 31 heavy (non-hydrogen) atoms. The Hall–Kier alpha value is -1.74. The first kappa shape index (κ1) is 23.9. The summed E-state index contributed by atoms with van der Waals surface area (Å²) in [6.07, 6.45) is -10.1. The van der Waals surface area contributed by atoms with E-state index in [9.17, 15) is 30.6 Å². The summed E-state index contributed by atoms with van der Waals surface area (Å²) < 4.78 is 32.0. The highest BCUT2D eigenvalue weighted by molar-refractivity contribution is 5.45. The minimum Gasteiger partial charge on any atom is -0.493 e. The zero-order valence-electron chi connectivity index (χ0n) is 17.0. The van der Waals surface area contributed by atoms with Gasteiger partial charge >= 0.3 is 0 Å². The van der Waals surface area contributed by atoms with E-state index in [-0.39, 0.29) is 19.0 Å². The number of aliphatic hydroxyl groups is 6. The summed E-state index contributed by atoms with van der Waals surface area (Å²) in [4.78, 5) is 0. The largest absolute Gasteiger partial charge is 0.493 e. The van der Waals surface area contributed by atoms with Gasteiger partial charge in [0.2, 0.25) is 6.29 Å². The van der Waals surface area contributed by atoms with Crippen LogP contribution in [0.25, 0.3) is 0 Å². The number of benzene rings is 1. The maximum Gasteiger partial charge on any atom is 0.229 e. The Morgan fingerprint density at radius 2 is 1.71 bits per heavy atom. The summed E-state index contributed by atoms with van der Waals surface area (Å²) in [7, 11) is 2.92. The van der Waals surface area contributed by atoms with Crippen LogP contribution in [0.2, 0.25) is 0 Å². The van der Waals surface area contributed by atoms with Crippen LogP contribution in [0.4, 0.5) is 0 Å². The van der Waals surface area contributed by atoms with Crippen molar-refractivity contribution in [3.63, 3.8) is 0 Å². The van der Waals surface area contributed by atoms with Crippen molar-refractivity contribution >= 4 is 0 Å². The Kier molecular flexibility index (Phi) is 7.57. The molecule has 2 fully saturated rings. The number of hydrogen-bond acceptors (Lipinski definition) is 12. The molecule has 3 rings (SSSR count). The fourth-order valence-corrected chi connectivity index (χ4v) is 3.30. The Morgan fingerprint density at radius 1 is 1.00 bits per heavy atom. The Balaban J connectivity index is 1.65. The van der Waals surface area contributed by atoms with Crippen molar-refractivity contribution in [1.82, 2.24) is 0 Å². The molecule has 1 aromatic carbocycles. The molecule has 176 valence electrons. The average molecular weight is 448 g/mol. The van der Waals surface area contributed by atoms with Crippen LogP contribution in [0.3, 0.4) is 0 Å². The van der Waals surface area contributed by atoms with E-state index >= 15 is 0 Å². The molecule has 0 bridgehead atoms. The summed E-state index contributed by atoms with van der Waals surface area (Å²) in [5.74, 6) is 1.07. The third kappa shape index (κ3) is 4.87. The number of methoxy groups -OCH3 is 2. The fourth-order valence-electron chi connectivity index (χ4n) is 3.30. The van der Waals surface area contributed by atoms with Crippen molar-refractivity contribution in [3.05, 3.63) is 18.2 Å². The van der Waals surface area contributed by atoms with Gasteiger partial charge in [-0.1, -0.05) is 0 Å². The molecule has 2 aliphatic rings. The van der Waals surface area contributed by atoms with Crippen LogP contribution in [0, 0.1) is 0 Å². The molecule has 12 nitrogen and oxygen atoms in total. The van der Waals surface area contributed by atoms with E-state index in [1.54, 1.807) is 12.1 Å². The van der Waals surface area contributed by atoms with Gasteiger partial charge in [0, 0.05) is 6.07 Å². The van der Waals surface area contributed by atoms with Gasteiger partial charge in [0.15, 0.2) is 17.8 Å². The van der Waals surface area contributed by atoms with Gasteiger partial charge in [-0.25, -0.2) is 0 Å². The zero-order chi connectivity index (χ0) is 22.8. The summed E-state index contributed by atoms with van der Waals surface area (Å²) in [6.45, 7) is -1.46. The second-order valence-electron chi connectivity index (χ2n) is 7.37. The van der Waals surface area contributed by atoms with Crippen LogP contribution in [-0.2, 0) is 14.2 Å². The van der Waals surface area contributed by atoms with E-state index in [1.807, 2.05) is 0 Å². The molecule has 2 aliphatic heterocycles. The van der Waals surface area contributed by atoms with E-state index in [1.165, 1.54) is 20.3 Å². The SMILES string of the molecule is COc1ccc(O[C@@H]2O[C@H](CO[C@@H]3OC[C@](O)(CO)[C@H]3O)[C@@H](O)[C@H](O)[C@H]2O)cc1OC. The minimum absolute atomic E-state index is 0.243. The molecule has 0 amide bonds. The van der Waals surface area contributed by atoms with Gasteiger partial charge in [0.1, 0.15) is 41.9 Å². The van der Waals surface area contributed by atoms with Gasteiger partial charge in [-0.3, -0.25) is 0 Å². The summed E-state index contributed by atoms with van der Waals surface area (Å²) in [5, 5.41) is 59.9. The zero-order valence-corrected chi connectivity index (χ0v) is 17.0. The first-order valence-corrected chi connectivity index (χ1v) is 9.57. The summed E-state index contributed by atoms with van der Waals surface area (Å²) >= 11 is 0. The van der Waals surface area contributed by atoms with Crippen LogP contribution < -0.4 is 14.2 Å². The van der Waals surface area contributed by atoms with Crippen molar-refractivity contribution in [2.75, 3.05) is 34.0 Å². The predicted octanol–water partition coefficient (Wildman–Crippen LogP) is -2.65. The standard InChI is InChI=1S/C19H28O12/c1-26-10-4-3-9(5-11(10)27-2)30-17-15(23)14(22)13(21)12(31-17)6-28-18-16(24)19(25,7-20)8-29-18/h3-5,12-18,20-25H,6-8H2,1-2H3/t12-,13-,14+,15-,16+,17-,18-,19-/m1/s1. The third-order valence-corrected chi connectivity index (χ3v) is 5.28. The molecule has 0 radical (unpaired) electrons. The van der Waals surface area contributed by atoms with Gasteiger partial charge < -0.3 is 59.1 Å². The predicted molar refractivity (Wildman–Crippen MR) is 101 cm³/mol. The van der Waals surface area contributed by atoms with Gasteiger partial charge in [0.25, 0.3) is 0 Å². The molecule has 2 heterocycles. The van der Waals surface area contributed by atoms with Crippen LogP contribution >= 0.6 is 0 Å². The summed E-state index contributed by atoms with van der Waals surface area (Å²) in [5.41, 5.74) is -1.87. The number of aliphatic hydroxyl groups excluding tert-OH is 5. The lowest BCUT2D eigenvalue weighted by molar-refractivity contribution is -0.289. The van der Waals surface area contributed by atoms with Crippen molar-refractivity contribution in [1.29, 1.82) is 0 Å². The normalized spacial score (nSPS) is 38.1. The fraction of sp³-hybridized carbons (Fsp3) is 0.684. The highest BCUT2D eigenvalue weighted by Gasteiger charge is 2.50. The highest BCUT2D eigenvalue weighted by Crippen LogP contribution is 2.33. The average Bonchev–Trinajstić information content (AvgIpc) is 3.07. The molecule has 8 atom stereocenters. The Bertz CT molecular complexity index is 732. The maximum absolute atomic E-state index is 10.3. The molecule has 6 N–H and O–H groups in total. The number of ether oxygens (including phenoxy) is 6. The minimum atomic E-state index is -1.87. The second-order valence-corrected chi connectivity index (χ2v) is 7.37. The second kappa shape index (κ2) is 9.81. The van der Waals surface area contributed by atoms with Gasteiger partial charge in [-0.15, -0.1) is 0 Å². The molecule has 0 saturated carbocycles.